The van der Waals surface area contributed by atoms with Crippen LogP contribution in [0, 0.1) is 5.82 Å². The van der Waals surface area contributed by atoms with E-state index in [1.54, 1.807) is 24.4 Å². The molecule has 0 spiro atoms. The Morgan fingerprint density at radius 2 is 1.97 bits per heavy atom. The van der Waals surface area contributed by atoms with Crippen LogP contribution in [-0.2, 0) is 0 Å². The van der Waals surface area contributed by atoms with Gasteiger partial charge in [-0.2, -0.15) is 0 Å². The van der Waals surface area contributed by atoms with Crippen molar-refractivity contribution in [2.45, 2.75) is 6.42 Å². The number of ether oxygens (including phenoxy) is 1. The fourth-order valence-electron chi connectivity index (χ4n) is 2.91. The highest BCUT2D eigenvalue weighted by molar-refractivity contribution is 5.93. The molecule has 7 heteroatoms. The average Bonchev–Trinajstić information content (AvgIpc) is 3.24. The van der Waals surface area contributed by atoms with Gasteiger partial charge in [0, 0.05) is 24.2 Å². The molecule has 146 valence electrons. The lowest BCUT2D eigenvalue weighted by atomic mass is 10.1. The van der Waals surface area contributed by atoms with E-state index < -0.39 is 5.82 Å². The number of hydrogen-bond acceptors (Lipinski definition) is 5. The number of nitrogens with one attached hydrogen (secondary N) is 1. The standard InChI is InChI=1S/C22H18FN3O3/c23-17-9-2-1-8-16(17)20-14-18(26-29-20)22(27)25-12-5-13-28-19-10-3-6-15-7-4-11-24-21(15)19/h1-4,6-11,14H,5,12-13H2,(H,25,27). The summed E-state index contributed by atoms with van der Waals surface area (Å²) < 4.78 is 24.7. The van der Waals surface area contributed by atoms with E-state index in [4.69, 9.17) is 9.26 Å². The fraction of sp³-hybridized carbons (Fsp3) is 0.136. The molecule has 6 nitrogen and oxygen atoms in total. The summed E-state index contributed by atoms with van der Waals surface area (Å²) in [5.41, 5.74) is 1.17. The maximum atomic E-state index is 13.8. The van der Waals surface area contributed by atoms with Crippen LogP contribution < -0.4 is 10.1 Å². The van der Waals surface area contributed by atoms with Gasteiger partial charge in [0.25, 0.3) is 5.91 Å². The highest BCUT2D eigenvalue weighted by atomic mass is 19.1. The zero-order valence-corrected chi connectivity index (χ0v) is 15.5. The third-order valence-electron chi connectivity index (χ3n) is 4.34. The van der Waals surface area contributed by atoms with E-state index in [2.05, 4.69) is 15.5 Å². The third-order valence-corrected chi connectivity index (χ3v) is 4.34. The van der Waals surface area contributed by atoms with Crippen LogP contribution in [0.2, 0.25) is 0 Å². The average molecular weight is 391 g/mol. The van der Waals surface area contributed by atoms with E-state index in [1.807, 2.05) is 30.3 Å². The summed E-state index contributed by atoms with van der Waals surface area (Å²) in [7, 11) is 0. The van der Waals surface area contributed by atoms with Crippen molar-refractivity contribution in [3.8, 4) is 17.1 Å². The van der Waals surface area contributed by atoms with E-state index in [1.165, 1.54) is 12.1 Å². The first-order chi connectivity index (χ1) is 14.2. The minimum atomic E-state index is -0.435. The second kappa shape index (κ2) is 8.52. The number of amides is 1. The molecule has 0 unspecified atom stereocenters. The SMILES string of the molecule is O=C(NCCCOc1cccc2cccnc12)c1cc(-c2ccccc2F)on1. The van der Waals surface area contributed by atoms with Gasteiger partial charge in [0.05, 0.1) is 12.2 Å². The Labute approximate surface area is 166 Å². The van der Waals surface area contributed by atoms with Crippen LogP contribution in [-0.4, -0.2) is 29.2 Å². The summed E-state index contributed by atoms with van der Waals surface area (Å²) in [6.07, 6.45) is 2.33. The Morgan fingerprint density at radius 3 is 2.86 bits per heavy atom. The Morgan fingerprint density at radius 1 is 1.10 bits per heavy atom. The van der Waals surface area contributed by atoms with Gasteiger partial charge in [0.15, 0.2) is 11.5 Å². The molecule has 2 aromatic heterocycles. The Balaban J connectivity index is 1.28. The Kier molecular flexibility index (Phi) is 5.47. The van der Waals surface area contributed by atoms with E-state index in [9.17, 15) is 9.18 Å². The minimum absolute atomic E-state index is 0.0995. The number of para-hydroxylation sites is 1. The van der Waals surface area contributed by atoms with Crippen molar-refractivity contribution in [1.29, 1.82) is 0 Å². The molecule has 29 heavy (non-hydrogen) atoms. The lowest BCUT2D eigenvalue weighted by molar-refractivity contribution is 0.0942. The van der Waals surface area contributed by atoms with Crippen molar-refractivity contribution in [2.24, 2.45) is 0 Å². The molecule has 0 saturated carbocycles. The van der Waals surface area contributed by atoms with E-state index in [-0.39, 0.29) is 22.9 Å². The zero-order chi connectivity index (χ0) is 20.1. The van der Waals surface area contributed by atoms with Crippen LogP contribution in [0.15, 0.2) is 71.4 Å². The first-order valence-electron chi connectivity index (χ1n) is 9.19. The van der Waals surface area contributed by atoms with Gasteiger partial charge < -0.3 is 14.6 Å². The summed E-state index contributed by atoms with van der Waals surface area (Å²) in [6, 6.07) is 17.2. The lowest BCUT2D eigenvalue weighted by Gasteiger charge is -2.08. The van der Waals surface area contributed by atoms with Crippen molar-refractivity contribution >= 4 is 16.8 Å². The number of halogens is 1. The summed E-state index contributed by atoms with van der Waals surface area (Å²) in [5, 5.41) is 7.48. The largest absolute Gasteiger partial charge is 0.491 e. The van der Waals surface area contributed by atoms with E-state index in [0.29, 0.717) is 25.3 Å². The number of rotatable bonds is 7. The molecule has 4 aromatic rings. The maximum Gasteiger partial charge on any atom is 0.273 e. The first-order valence-corrected chi connectivity index (χ1v) is 9.19. The van der Waals surface area contributed by atoms with Crippen LogP contribution in [0.3, 0.4) is 0 Å². The molecule has 2 heterocycles. The van der Waals surface area contributed by atoms with Gasteiger partial charge in [-0.25, -0.2) is 4.39 Å². The number of benzene rings is 2. The Hall–Kier alpha value is -3.74. The molecule has 0 aliphatic carbocycles. The van der Waals surface area contributed by atoms with Gasteiger partial charge in [-0.1, -0.05) is 35.5 Å². The summed E-state index contributed by atoms with van der Waals surface area (Å²) in [5.74, 6) is 0.0966. The van der Waals surface area contributed by atoms with E-state index >= 15 is 0 Å². The topological polar surface area (TPSA) is 77.2 Å². The smallest absolute Gasteiger partial charge is 0.273 e. The molecular weight excluding hydrogens is 373 g/mol. The zero-order valence-electron chi connectivity index (χ0n) is 15.5. The molecule has 0 radical (unpaired) electrons. The monoisotopic (exact) mass is 391 g/mol. The molecule has 1 amide bonds. The van der Waals surface area contributed by atoms with Gasteiger partial charge in [-0.05, 0) is 30.7 Å². The molecule has 0 aliphatic rings. The normalized spacial score (nSPS) is 10.8. The summed E-state index contributed by atoms with van der Waals surface area (Å²) in [4.78, 5) is 16.5. The minimum Gasteiger partial charge on any atom is -0.491 e. The van der Waals surface area contributed by atoms with Crippen molar-refractivity contribution in [2.75, 3.05) is 13.2 Å². The number of aromatic nitrogens is 2. The van der Waals surface area contributed by atoms with Gasteiger partial charge in [-0.15, -0.1) is 0 Å². The van der Waals surface area contributed by atoms with Crippen molar-refractivity contribution in [3.05, 3.63) is 78.4 Å². The number of nitrogens with zero attached hydrogens (tertiary/aromatic N) is 2. The van der Waals surface area contributed by atoms with Crippen LogP contribution in [0.25, 0.3) is 22.2 Å². The van der Waals surface area contributed by atoms with E-state index in [0.717, 1.165) is 10.9 Å². The third kappa shape index (κ3) is 4.24. The number of hydrogen-bond donors (Lipinski definition) is 1. The molecule has 0 saturated heterocycles. The lowest BCUT2D eigenvalue weighted by Crippen LogP contribution is -2.25. The van der Waals surface area contributed by atoms with Crippen LogP contribution in [0.4, 0.5) is 4.39 Å². The molecule has 4 rings (SSSR count). The van der Waals surface area contributed by atoms with Gasteiger partial charge >= 0.3 is 0 Å². The van der Waals surface area contributed by atoms with Gasteiger partial charge in [-0.3, -0.25) is 9.78 Å². The second-order valence-electron chi connectivity index (χ2n) is 6.35. The number of carbonyl (C=O) groups excluding carboxylic acids is 1. The summed E-state index contributed by atoms with van der Waals surface area (Å²) >= 11 is 0. The van der Waals surface area contributed by atoms with Gasteiger partial charge in [0.1, 0.15) is 17.1 Å². The molecule has 0 bridgehead atoms. The molecular formula is C22H18FN3O3. The van der Waals surface area contributed by atoms with Gasteiger partial charge in [0.2, 0.25) is 0 Å². The summed E-state index contributed by atoms with van der Waals surface area (Å²) in [6.45, 7) is 0.828. The van der Waals surface area contributed by atoms with Crippen molar-refractivity contribution in [1.82, 2.24) is 15.5 Å². The quantitative estimate of drug-likeness (QED) is 0.477. The van der Waals surface area contributed by atoms with Crippen LogP contribution in [0.1, 0.15) is 16.9 Å². The first kappa shape index (κ1) is 18.6. The predicted octanol–water partition coefficient (Wildman–Crippen LogP) is 4.23. The molecule has 0 aliphatic heterocycles. The highest BCUT2D eigenvalue weighted by Crippen LogP contribution is 2.24. The molecule has 1 N–H and O–H groups in total. The Bertz CT molecular complexity index is 1140. The van der Waals surface area contributed by atoms with Crippen molar-refractivity contribution in [3.63, 3.8) is 0 Å². The maximum absolute atomic E-state index is 13.8. The van der Waals surface area contributed by atoms with Crippen molar-refractivity contribution < 1.29 is 18.4 Å². The number of fused-ring (bicyclic) bond motifs is 1. The predicted molar refractivity (Wildman–Crippen MR) is 106 cm³/mol. The van der Waals surface area contributed by atoms with Crippen LogP contribution in [0.5, 0.6) is 5.75 Å². The molecule has 2 aromatic carbocycles. The molecule has 0 atom stereocenters. The fourth-order valence-corrected chi connectivity index (χ4v) is 2.91. The highest BCUT2D eigenvalue weighted by Gasteiger charge is 2.15. The number of carbonyl (C=O) groups is 1. The second-order valence-corrected chi connectivity index (χ2v) is 6.35. The molecule has 0 fully saturated rings. The van der Waals surface area contributed by atoms with Crippen LogP contribution >= 0.6 is 0 Å². The number of pyridine rings is 1.